The number of ether oxygens (including phenoxy) is 2. The fourth-order valence-electron chi connectivity index (χ4n) is 1.73. The third-order valence-electron chi connectivity index (χ3n) is 2.63. The standard InChI is InChI=1S/C11H20ClNO4/c12-8-10-7-11(15)13(9-10)1-3-16-5-6-17-4-2-14/h10,14H,1-9H2. The molecule has 0 saturated carbocycles. The Morgan fingerprint density at radius 3 is 2.59 bits per heavy atom. The van der Waals surface area contributed by atoms with Gasteiger partial charge in [-0.1, -0.05) is 0 Å². The van der Waals surface area contributed by atoms with Crippen LogP contribution in [0.5, 0.6) is 0 Å². The number of likely N-dealkylation sites (tertiary alicyclic amines) is 1. The van der Waals surface area contributed by atoms with Crippen molar-refractivity contribution in [3.63, 3.8) is 0 Å². The summed E-state index contributed by atoms with van der Waals surface area (Å²) in [6.45, 7) is 3.20. The number of hydrogen-bond donors (Lipinski definition) is 1. The summed E-state index contributed by atoms with van der Waals surface area (Å²) in [5.74, 6) is 0.991. The van der Waals surface area contributed by atoms with E-state index in [1.54, 1.807) is 4.90 Å². The second-order valence-electron chi connectivity index (χ2n) is 4.01. The van der Waals surface area contributed by atoms with E-state index in [-0.39, 0.29) is 18.4 Å². The number of carbonyl (C=O) groups is 1. The Balaban J connectivity index is 1.98. The molecular formula is C11H20ClNO4. The van der Waals surface area contributed by atoms with Crippen LogP contribution in [0.25, 0.3) is 0 Å². The first-order valence-corrected chi connectivity index (χ1v) is 6.41. The number of aliphatic hydroxyl groups excluding tert-OH is 1. The Hall–Kier alpha value is -0.360. The fraction of sp³-hybridized carbons (Fsp3) is 0.909. The van der Waals surface area contributed by atoms with E-state index in [1.165, 1.54) is 0 Å². The third-order valence-corrected chi connectivity index (χ3v) is 3.06. The fourth-order valence-corrected chi connectivity index (χ4v) is 1.94. The van der Waals surface area contributed by atoms with Gasteiger partial charge in [0.25, 0.3) is 0 Å². The molecule has 1 amide bonds. The van der Waals surface area contributed by atoms with Gasteiger partial charge in [0.2, 0.25) is 5.91 Å². The molecule has 1 aliphatic heterocycles. The number of hydrogen-bond acceptors (Lipinski definition) is 4. The van der Waals surface area contributed by atoms with Crippen molar-refractivity contribution < 1.29 is 19.4 Å². The first-order chi connectivity index (χ1) is 8.27. The molecule has 1 rings (SSSR count). The van der Waals surface area contributed by atoms with Crippen LogP contribution in [0.3, 0.4) is 0 Å². The Labute approximate surface area is 107 Å². The van der Waals surface area contributed by atoms with Gasteiger partial charge >= 0.3 is 0 Å². The minimum Gasteiger partial charge on any atom is -0.394 e. The minimum absolute atomic E-state index is 0.0299. The number of amides is 1. The summed E-state index contributed by atoms with van der Waals surface area (Å²) >= 11 is 5.72. The molecule has 6 heteroatoms. The minimum atomic E-state index is 0.0299. The van der Waals surface area contributed by atoms with E-state index in [2.05, 4.69) is 0 Å². The summed E-state index contributed by atoms with van der Waals surface area (Å²) in [7, 11) is 0. The van der Waals surface area contributed by atoms with Gasteiger partial charge in [-0.25, -0.2) is 0 Å². The summed E-state index contributed by atoms with van der Waals surface area (Å²) < 4.78 is 10.4. The molecule has 0 aromatic carbocycles. The average molecular weight is 266 g/mol. The van der Waals surface area contributed by atoms with Crippen LogP contribution in [0.1, 0.15) is 6.42 Å². The molecule has 1 saturated heterocycles. The van der Waals surface area contributed by atoms with Crippen molar-refractivity contribution in [1.82, 2.24) is 4.90 Å². The summed E-state index contributed by atoms with van der Waals surface area (Å²) in [5.41, 5.74) is 0. The molecule has 5 nitrogen and oxygen atoms in total. The zero-order valence-electron chi connectivity index (χ0n) is 9.94. The Morgan fingerprint density at radius 2 is 2.00 bits per heavy atom. The Morgan fingerprint density at radius 1 is 1.29 bits per heavy atom. The number of halogens is 1. The van der Waals surface area contributed by atoms with Crippen molar-refractivity contribution >= 4 is 17.5 Å². The van der Waals surface area contributed by atoms with Crippen molar-refractivity contribution in [3.8, 4) is 0 Å². The van der Waals surface area contributed by atoms with Crippen LogP contribution in [-0.2, 0) is 14.3 Å². The molecule has 1 aliphatic rings. The molecule has 0 aromatic heterocycles. The van der Waals surface area contributed by atoms with Crippen molar-refractivity contribution in [2.24, 2.45) is 5.92 Å². The van der Waals surface area contributed by atoms with Gasteiger partial charge in [-0.05, 0) is 5.92 Å². The number of alkyl halides is 1. The first kappa shape index (κ1) is 14.7. The number of carbonyl (C=O) groups excluding carboxylic acids is 1. The van der Waals surface area contributed by atoms with E-state index in [4.69, 9.17) is 26.2 Å². The molecule has 0 aromatic rings. The Bertz CT molecular complexity index is 228. The van der Waals surface area contributed by atoms with E-state index in [0.717, 1.165) is 6.54 Å². The second kappa shape index (κ2) is 8.69. The summed E-state index contributed by atoms with van der Waals surface area (Å²) in [6, 6.07) is 0. The third kappa shape index (κ3) is 5.68. The second-order valence-corrected chi connectivity index (χ2v) is 4.32. The van der Waals surface area contributed by atoms with E-state index in [1.807, 2.05) is 0 Å². The van der Waals surface area contributed by atoms with Crippen molar-refractivity contribution in [3.05, 3.63) is 0 Å². The predicted octanol–water partition coefficient (Wildman–Crippen LogP) is 0.0992. The molecular weight excluding hydrogens is 246 g/mol. The number of aliphatic hydroxyl groups is 1. The quantitative estimate of drug-likeness (QED) is 0.475. The van der Waals surface area contributed by atoms with Gasteiger partial charge < -0.3 is 19.5 Å². The summed E-state index contributed by atoms with van der Waals surface area (Å²) in [4.78, 5) is 13.3. The molecule has 1 atom stereocenters. The average Bonchev–Trinajstić information content (AvgIpc) is 2.69. The lowest BCUT2D eigenvalue weighted by Gasteiger charge is -2.16. The molecule has 1 fully saturated rings. The number of nitrogens with zero attached hydrogens (tertiary/aromatic N) is 1. The molecule has 100 valence electrons. The van der Waals surface area contributed by atoms with Gasteiger partial charge in [0.15, 0.2) is 0 Å². The lowest BCUT2D eigenvalue weighted by molar-refractivity contribution is -0.128. The lowest BCUT2D eigenvalue weighted by atomic mass is 10.2. The van der Waals surface area contributed by atoms with Crippen molar-refractivity contribution in [1.29, 1.82) is 0 Å². The smallest absolute Gasteiger partial charge is 0.223 e. The molecule has 0 bridgehead atoms. The topological polar surface area (TPSA) is 59.0 Å². The van der Waals surface area contributed by atoms with Crippen LogP contribution in [0.4, 0.5) is 0 Å². The van der Waals surface area contributed by atoms with E-state index in [9.17, 15) is 4.79 Å². The molecule has 1 heterocycles. The maximum Gasteiger partial charge on any atom is 0.223 e. The van der Waals surface area contributed by atoms with Gasteiger partial charge in [-0.3, -0.25) is 4.79 Å². The highest BCUT2D eigenvalue weighted by Crippen LogP contribution is 2.18. The lowest BCUT2D eigenvalue weighted by Crippen LogP contribution is -2.29. The SMILES string of the molecule is O=C1CC(CCl)CN1CCOCCOCCO. The van der Waals surface area contributed by atoms with Crippen LogP contribution in [0.15, 0.2) is 0 Å². The molecule has 1 unspecified atom stereocenters. The van der Waals surface area contributed by atoms with Crippen LogP contribution < -0.4 is 0 Å². The van der Waals surface area contributed by atoms with Gasteiger partial charge in [0, 0.05) is 25.4 Å². The number of rotatable bonds is 9. The van der Waals surface area contributed by atoms with Crippen LogP contribution >= 0.6 is 11.6 Å². The van der Waals surface area contributed by atoms with E-state index >= 15 is 0 Å². The summed E-state index contributed by atoms with van der Waals surface area (Å²) in [6.07, 6.45) is 0.559. The first-order valence-electron chi connectivity index (χ1n) is 5.88. The zero-order chi connectivity index (χ0) is 12.5. The maximum absolute atomic E-state index is 11.5. The molecule has 0 spiro atoms. The van der Waals surface area contributed by atoms with Crippen LogP contribution in [0.2, 0.25) is 0 Å². The highest BCUT2D eigenvalue weighted by atomic mass is 35.5. The summed E-state index contributed by atoms with van der Waals surface area (Å²) in [5, 5.41) is 8.47. The monoisotopic (exact) mass is 265 g/mol. The van der Waals surface area contributed by atoms with Gasteiger partial charge in [-0.15, -0.1) is 11.6 Å². The van der Waals surface area contributed by atoms with E-state index in [0.29, 0.717) is 45.3 Å². The predicted molar refractivity (Wildman–Crippen MR) is 64.1 cm³/mol. The van der Waals surface area contributed by atoms with Crippen LogP contribution in [-0.4, -0.2) is 67.9 Å². The van der Waals surface area contributed by atoms with Gasteiger partial charge in [0.05, 0.1) is 33.0 Å². The molecule has 0 radical (unpaired) electrons. The molecule has 0 aliphatic carbocycles. The van der Waals surface area contributed by atoms with Crippen molar-refractivity contribution in [2.45, 2.75) is 6.42 Å². The van der Waals surface area contributed by atoms with Crippen molar-refractivity contribution in [2.75, 3.05) is 52.0 Å². The van der Waals surface area contributed by atoms with Gasteiger partial charge in [0.1, 0.15) is 0 Å². The highest BCUT2D eigenvalue weighted by molar-refractivity contribution is 6.18. The maximum atomic E-state index is 11.5. The normalized spacial score (nSPS) is 20.2. The molecule has 1 N–H and O–H groups in total. The van der Waals surface area contributed by atoms with E-state index < -0.39 is 0 Å². The van der Waals surface area contributed by atoms with Gasteiger partial charge in [-0.2, -0.15) is 0 Å². The zero-order valence-corrected chi connectivity index (χ0v) is 10.7. The van der Waals surface area contributed by atoms with Crippen LogP contribution in [0, 0.1) is 5.92 Å². The molecule has 17 heavy (non-hydrogen) atoms. The Kier molecular flexibility index (Phi) is 7.51. The highest BCUT2D eigenvalue weighted by Gasteiger charge is 2.28. The largest absolute Gasteiger partial charge is 0.394 e.